The molecular weight excluding hydrogens is 274 g/mol. The molecule has 6 heteroatoms. The Morgan fingerprint density at radius 3 is 2.38 bits per heavy atom. The van der Waals surface area contributed by atoms with Gasteiger partial charge in [0.2, 0.25) is 0 Å². The van der Waals surface area contributed by atoms with Crippen molar-refractivity contribution in [2.75, 3.05) is 11.9 Å². The van der Waals surface area contributed by atoms with Crippen molar-refractivity contribution in [1.82, 2.24) is 0 Å². The second kappa shape index (κ2) is 7.84. The zero-order chi connectivity index (χ0) is 15.8. The lowest BCUT2D eigenvalue weighted by atomic mass is 10.2. The number of hydrogen-bond donors (Lipinski definition) is 2. The first-order valence-corrected chi connectivity index (χ1v) is 6.43. The number of nitrogens with one attached hydrogen (secondary N) is 1. The quantitative estimate of drug-likeness (QED) is 0.619. The van der Waals surface area contributed by atoms with E-state index < -0.39 is 17.8 Å². The third kappa shape index (κ3) is 5.48. The summed E-state index contributed by atoms with van der Waals surface area (Å²) >= 11 is 0. The largest absolute Gasteiger partial charge is 0.478 e. The Morgan fingerprint density at radius 2 is 1.86 bits per heavy atom. The number of rotatable bonds is 6. The van der Waals surface area contributed by atoms with Crippen LogP contribution in [0.1, 0.15) is 30.6 Å². The second-order valence-corrected chi connectivity index (χ2v) is 4.33. The van der Waals surface area contributed by atoms with Crippen LogP contribution in [0.5, 0.6) is 0 Å². The van der Waals surface area contributed by atoms with Gasteiger partial charge in [0.05, 0.1) is 12.2 Å². The molecule has 0 heterocycles. The topological polar surface area (TPSA) is 92.7 Å². The zero-order valence-corrected chi connectivity index (χ0v) is 11.9. The van der Waals surface area contributed by atoms with E-state index in [1.54, 1.807) is 12.1 Å². The van der Waals surface area contributed by atoms with Gasteiger partial charge in [-0.15, -0.1) is 0 Å². The molecule has 0 aliphatic rings. The number of carboxylic acids is 1. The van der Waals surface area contributed by atoms with E-state index >= 15 is 0 Å². The highest BCUT2D eigenvalue weighted by Crippen LogP contribution is 2.12. The van der Waals surface area contributed by atoms with Gasteiger partial charge in [0.15, 0.2) is 0 Å². The lowest BCUT2D eigenvalue weighted by molar-refractivity contribution is -0.131. The van der Waals surface area contributed by atoms with Crippen LogP contribution in [0.25, 0.3) is 0 Å². The number of carbonyl (C=O) groups is 3. The molecule has 1 aromatic rings. The Labute approximate surface area is 122 Å². The van der Waals surface area contributed by atoms with Crippen molar-refractivity contribution in [3.05, 3.63) is 41.5 Å². The van der Waals surface area contributed by atoms with Gasteiger partial charge in [-0.05, 0) is 37.6 Å². The summed E-state index contributed by atoms with van der Waals surface area (Å²) in [4.78, 5) is 33.7. The molecule has 2 N–H and O–H groups in total. The fourth-order valence-electron chi connectivity index (χ4n) is 1.45. The Morgan fingerprint density at radius 1 is 1.24 bits per heavy atom. The first-order valence-electron chi connectivity index (χ1n) is 6.43. The molecule has 0 bridgehead atoms. The monoisotopic (exact) mass is 291 g/mol. The van der Waals surface area contributed by atoms with Gasteiger partial charge in [-0.3, -0.25) is 4.79 Å². The molecule has 0 aliphatic heterocycles. The molecule has 21 heavy (non-hydrogen) atoms. The average Bonchev–Trinajstić information content (AvgIpc) is 2.44. The molecule has 112 valence electrons. The summed E-state index contributed by atoms with van der Waals surface area (Å²) in [7, 11) is 0. The molecule has 0 radical (unpaired) electrons. The highest BCUT2D eigenvalue weighted by atomic mass is 16.5. The molecule has 0 fully saturated rings. The van der Waals surface area contributed by atoms with E-state index in [1.165, 1.54) is 19.1 Å². The van der Waals surface area contributed by atoms with E-state index in [1.807, 2.05) is 6.92 Å². The standard InChI is InChI=1S/C15H17NO5/c1-3-8-21-15(20)11-4-6-12(7-5-11)16-14(19)10(2)9-13(17)18/h4-7,9H,3,8H2,1-2H3,(H,16,19)(H,17,18)/b10-9+. The second-order valence-electron chi connectivity index (χ2n) is 4.33. The van der Waals surface area contributed by atoms with Gasteiger partial charge in [0, 0.05) is 17.3 Å². The first-order chi connectivity index (χ1) is 9.93. The molecule has 1 amide bonds. The number of carbonyl (C=O) groups excluding carboxylic acids is 2. The van der Waals surface area contributed by atoms with E-state index in [0.29, 0.717) is 17.9 Å². The summed E-state index contributed by atoms with van der Waals surface area (Å²) in [5.41, 5.74) is 0.929. The zero-order valence-electron chi connectivity index (χ0n) is 11.9. The van der Waals surface area contributed by atoms with Gasteiger partial charge >= 0.3 is 11.9 Å². The Bertz CT molecular complexity index is 560. The van der Waals surface area contributed by atoms with Crippen LogP contribution in [0, 0.1) is 0 Å². The maximum atomic E-state index is 11.7. The number of aliphatic carboxylic acids is 1. The van der Waals surface area contributed by atoms with Gasteiger partial charge in [0.25, 0.3) is 5.91 Å². The van der Waals surface area contributed by atoms with E-state index in [4.69, 9.17) is 9.84 Å². The number of ether oxygens (including phenoxy) is 1. The number of benzene rings is 1. The highest BCUT2D eigenvalue weighted by Gasteiger charge is 2.09. The number of carboxylic acid groups (broad SMARTS) is 1. The molecule has 0 aliphatic carbocycles. The van der Waals surface area contributed by atoms with Gasteiger partial charge in [-0.25, -0.2) is 9.59 Å². The summed E-state index contributed by atoms with van der Waals surface area (Å²) in [5.74, 6) is -2.12. The Kier molecular flexibility index (Phi) is 6.13. The van der Waals surface area contributed by atoms with Gasteiger partial charge in [0.1, 0.15) is 0 Å². The van der Waals surface area contributed by atoms with E-state index in [9.17, 15) is 14.4 Å². The summed E-state index contributed by atoms with van der Waals surface area (Å²) in [6.07, 6.45) is 1.57. The van der Waals surface area contributed by atoms with Crippen molar-refractivity contribution >= 4 is 23.5 Å². The third-order valence-electron chi connectivity index (χ3n) is 2.51. The summed E-state index contributed by atoms with van der Waals surface area (Å²) in [6.45, 7) is 3.66. The SMILES string of the molecule is CCCOC(=O)c1ccc(NC(=O)/C(C)=C/C(=O)O)cc1. The van der Waals surface area contributed by atoms with Crippen LogP contribution < -0.4 is 5.32 Å². The van der Waals surface area contributed by atoms with Crippen LogP contribution in [-0.2, 0) is 14.3 Å². The number of amides is 1. The van der Waals surface area contributed by atoms with Crippen molar-refractivity contribution in [3.63, 3.8) is 0 Å². The molecule has 0 spiro atoms. The van der Waals surface area contributed by atoms with Crippen LogP contribution in [0.4, 0.5) is 5.69 Å². The number of hydrogen-bond acceptors (Lipinski definition) is 4. The highest BCUT2D eigenvalue weighted by molar-refractivity contribution is 6.06. The summed E-state index contributed by atoms with van der Waals surface area (Å²) < 4.78 is 4.98. The maximum absolute atomic E-state index is 11.7. The molecule has 1 aromatic carbocycles. The Hall–Kier alpha value is -2.63. The molecule has 0 aromatic heterocycles. The lowest BCUT2D eigenvalue weighted by Crippen LogP contribution is -2.14. The van der Waals surface area contributed by atoms with Crippen LogP contribution in [0.3, 0.4) is 0 Å². The van der Waals surface area contributed by atoms with Gasteiger partial charge in [-0.1, -0.05) is 6.92 Å². The van der Waals surface area contributed by atoms with Crippen molar-refractivity contribution in [1.29, 1.82) is 0 Å². The molecule has 0 saturated carbocycles. The van der Waals surface area contributed by atoms with Crippen LogP contribution in [0.2, 0.25) is 0 Å². The van der Waals surface area contributed by atoms with Crippen LogP contribution in [0.15, 0.2) is 35.9 Å². The smallest absolute Gasteiger partial charge is 0.338 e. The molecule has 0 saturated heterocycles. The van der Waals surface area contributed by atoms with Crippen LogP contribution >= 0.6 is 0 Å². The Balaban J connectivity index is 2.69. The minimum Gasteiger partial charge on any atom is -0.478 e. The van der Waals surface area contributed by atoms with Gasteiger partial charge < -0.3 is 15.2 Å². The van der Waals surface area contributed by atoms with Crippen molar-refractivity contribution in [2.45, 2.75) is 20.3 Å². The van der Waals surface area contributed by atoms with Gasteiger partial charge in [-0.2, -0.15) is 0 Å². The summed E-state index contributed by atoms with van der Waals surface area (Å²) in [5, 5.41) is 11.1. The van der Waals surface area contributed by atoms with E-state index in [0.717, 1.165) is 12.5 Å². The summed E-state index contributed by atoms with van der Waals surface area (Å²) in [6, 6.07) is 6.16. The normalized spacial score (nSPS) is 10.9. The fraction of sp³-hybridized carbons (Fsp3) is 0.267. The predicted molar refractivity (Wildman–Crippen MR) is 77.0 cm³/mol. The lowest BCUT2D eigenvalue weighted by Gasteiger charge is -2.06. The molecule has 0 unspecified atom stereocenters. The van der Waals surface area contributed by atoms with Crippen molar-refractivity contribution in [2.24, 2.45) is 0 Å². The molecular formula is C15H17NO5. The first kappa shape index (κ1) is 16.4. The van der Waals surface area contributed by atoms with E-state index in [-0.39, 0.29) is 5.57 Å². The van der Waals surface area contributed by atoms with Crippen molar-refractivity contribution < 1.29 is 24.2 Å². The van der Waals surface area contributed by atoms with E-state index in [2.05, 4.69) is 5.32 Å². The minimum atomic E-state index is -1.18. The molecule has 1 rings (SSSR count). The minimum absolute atomic E-state index is 0.0777. The molecule has 0 atom stereocenters. The molecule has 6 nitrogen and oxygen atoms in total. The number of esters is 1. The van der Waals surface area contributed by atoms with Crippen LogP contribution in [-0.4, -0.2) is 29.6 Å². The van der Waals surface area contributed by atoms with Crippen molar-refractivity contribution in [3.8, 4) is 0 Å². The number of anilines is 1. The fourth-order valence-corrected chi connectivity index (χ4v) is 1.45. The predicted octanol–water partition coefficient (Wildman–Crippen LogP) is 2.22. The third-order valence-corrected chi connectivity index (χ3v) is 2.51. The average molecular weight is 291 g/mol. The maximum Gasteiger partial charge on any atom is 0.338 e.